The highest BCUT2D eigenvalue weighted by Gasteiger charge is 2.30. The fraction of sp³-hybridized carbons (Fsp3) is 0.286. The van der Waals surface area contributed by atoms with Crippen molar-refractivity contribution in [3.63, 3.8) is 0 Å². The molecule has 0 radical (unpaired) electrons. The highest BCUT2D eigenvalue weighted by molar-refractivity contribution is 6.12. The van der Waals surface area contributed by atoms with Gasteiger partial charge >= 0.3 is 12.1 Å². The van der Waals surface area contributed by atoms with Crippen molar-refractivity contribution in [3.05, 3.63) is 41.5 Å². The summed E-state index contributed by atoms with van der Waals surface area (Å²) in [4.78, 5) is 22.3. The average molecular weight is 286 g/mol. The molecule has 1 rings (SSSR count). The lowest BCUT2D eigenvalue weighted by Gasteiger charge is -2.08. The summed E-state index contributed by atoms with van der Waals surface area (Å²) in [5.41, 5.74) is -0.644. The van der Waals surface area contributed by atoms with Gasteiger partial charge in [-0.15, -0.1) is 0 Å². The molecule has 0 saturated heterocycles. The van der Waals surface area contributed by atoms with Crippen molar-refractivity contribution in [3.8, 4) is 0 Å². The first-order valence-electron chi connectivity index (χ1n) is 5.79. The molecule has 20 heavy (non-hydrogen) atoms. The monoisotopic (exact) mass is 286 g/mol. The molecule has 0 aliphatic heterocycles. The van der Waals surface area contributed by atoms with Crippen molar-refractivity contribution >= 4 is 17.8 Å². The number of benzene rings is 1. The van der Waals surface area contributed by atoms with Crippen LogP contribution < -0.4 is 0 Å². The number of carbonyl (C=O) groups excluding carboxylic acids is 2. The van der Waals surface area contributed by atoms with Crippen LogP contribution in [0.3, 0.4) is 0 Å². The van der Waals surface area contributed by atoms with Crippen molar-refractivity contribution in [2.24, 2.45) is 0 Å². The number of hydrogen-bond acceptors (Lipinski definition) is 3. The van der Waals surface area contributed by atoms with E-state index >= 15 is 0 Å². The van der Waals surface area contributed by atoms with Crippen LogP contribution in [0.1, 0.15) is 25.0 Å². The summed E-state index contributed by atoms with van der Waals surface area (Å²) in [6.07, 6.45) is -3.45. The van der Waals surface area contributed by atoms with Gasteiger partial charge in [-0.3, -0.25) is 4.79 Å². The molecule has 0 aliphatic rings. The van der Waals surface area contributed by atoms with Crippen LogP contribution in [0, 0.1) is 0 Å². The summed E-state index contributed by atoms with van der Waals surface area (Å²) in [5.74, 6) is -0.720. The Balaban J connectivity index is 2.99. The zero-order valence-corrected chi connectivity index (χ0v) is 10.9. The molecular formula is C14H13F3O3. The van der Waals surface area contributed by atoms with Crippen molar-refractivity contribution in [2.75, 3.05) is 0 Å². The molecular weight excluding hydrogens is 273 g/mol. The van der Waals surface area contributed by atoms with Gasteiger partial charge in [0, 0.05) is 11.6 Å². The van der Waals surface area contributed by atoms with Gasteiger partial charge in [0.1, 0.15) is 0 Å². The highest BCUT2D eigenvalue weighted by Crippen LogP contribution is 2.29. The zero-order valence-electron chi connectivity index (χ0n) is 10.9. The van der Waals surface area contributed by atoms with E-state index in [0.717, 1.165) is 30.3 Å². The molecule has 0 aliphatic carbocycles. The summed E-state index contributed by atoms with van der Waals surface area (Å²) in [6.45, 7) is 3.29. The number of carbonyl (C=O) groups is 2. The predicted molar refractivity (Wildman–Crippen MR) is 66.7 cm³/mol. The Morgan fingerprint density at radius 1 is 1.20 bits per heavy atom. The van der Waals surface area contributed by atoms with Gasteiger partial charge in [-0.05, 0) is 31.5 Å². The van der Waals surface area contributed by atoms with Gasteiger partial charge < -0.3 is 4.74 Å². The summed E-state index contributed by atoms with van der Waals surface area (Å²) in [6, 6.07) is 3.96. The van der Waals surface area contributed by atoms with Crippen LogP contribution in [0.15, 0.2) is 30.3 Å². The summed E-state index contributed by atoms with van der Waals surface area (Å²) in [5, 5.41) is 0. The average Bonchev–Trinajstić information content (AvgIpc) is 2.34. The SMILES string of the molecule is CC(C)OC(=O)/C=C(/C=O)c1ccc(C(F)(F)F)cc1. The Kier molecular flexibility index (Phi) is 5.07. The Morgan fingerprint density at radius 3 is 2.15 bits per heavy atom. The lowest BCUT2D eigenvalue weighted by molar-refractivity contribution is -0.141. The maximum Gasteiger partial charge on any atom is 0.416 e. The van der Waals surface area contributed by atoms with E-state index in [1.807, 2.05) is 0 Å². The smallest absolute Gasteiger partial charge is 0.416 e. The number of hydrogen-bond donors (Lipinski definition) is 0. The van der Waals surface area contributed by atoms with Gasteiger partial charge in [0.15, 0.2) is 6.29 Å². The summed E-state index contributed by atoms with van der Waals surface area (Å²) >= 11 is 0. The molecule has 0 atom stereocenters. The Bertz CT molecular complexity index is 513. The fourth-order valence-electron chi connectivity index (χ4n) is 1.43. The van der Waals surface area contributed by atoms with Gasteiger partial charge in [-0.25, -0.2) is 4.79 Å². The third-order valence-corrected chi connectivity index (χ3v) is 2.30. The molecule has 3 nitrogen and oxygen atoms in total. The van der Waals surface area contributed by atoms with Crippen LogP contribution in [0.4, 0.5) is 13.2 Å². The highest BCUT2D eigenvalue weighted by atomic mass is 19.4. The first-order valence-corrected chi connectivity index (χ1v) is 5.79. The van der Waals surface area contributed by atoms with Crippen molar-refractivity contribution in [2.45, 2.75) is 26.1 Å². The van der Waals surface area contributed by atoms with E-state index in [-0.39, 0.29) is 17.2 Å². The number of halogens is 3. The maximum absolute atomic E-state index is 12.4. The number of aldehydes is 1. The number of ether oxygens (including phenoxy) is 1. The van der Waals surface area contributed by atoms with E-state index in [2.05, 4.69) is 0 Å². The first kappa shape index (κ1) is 15.9. The molecule has 0 heterocycles. The normalized spacial score (nSPS) is 12.4. The molecule has 1 aromatic carbocycles. The second-order valence-electron chi connectivity index (χ2n) is 4.28. The molecule has 1 aromatic rings. The minimum absolute atomic E-state index is 0.0376. The molecule has 0 saturated carbocycles. The van der Waals surface area contributed by atoms with Crippen LogP contribution in [0.25, 0.3) is 5.57 Å². The molecule has 0 aromatic heterocycles. The lowest BCUT2D eigenvalue weighted by Crippen LogP contribution is -2.09. The Labute approximate surface area is 114 Å². The Hall–Kier alpha value is -2.11. The number of esters is 1. The molecule has 6 heteroatoms. The standard InChI is InChI=1S/C14H13F3O3/c1-9(2)20-13(19)7-11(8-18)10-3-5-12(6-4-10)14(15,16)17/h3-9H,1-2H3/b11-7-. The fourth-order valence-corrected chi connectivity index (χ4v) is 1.43. The van der Waals surface area contributed by atoms with E-state index in [9.17, 15) is 22.8 Å². The second kappa shape index (κ2) is 6.36. The van der Waals surface area contributed by atoms with E-state index < -0.39 is 17.7 Å². The quantitative estimate of drug-likeness (QED) is 0.485. The van der Waals surface area contributed by atoms with Gasteiger partial charge in [0.05, 0.1) is 11.7 Å². The third kappa shape index (κ3) is 4.53. The zero-order chi connectivity index (χ0) is 15.3. The number of allylic oxidation sites excluding steroid dienone is 1. The molecule has 0 amide bonds. The van der Waals surface area contributed by atoms with Gasteiger partial charge in [-0.1, -0.05) is 12.1 Å². The van der Waals surface area contributed by atoms with Gasteiger partial charge in [0.2, 0.25) is 0 Å². The number of rotatable bonds is 4. The first-order chi connectivity index (χ1) is 9.24. The van der Waals surface area contributed by atoms with Gasteiger partial charge in [-0.2, -0.15) is 13.2 Å². The van der Waals surface area contributed by atoms with E-state index in [1.54, 1.807) is 13.8 Å². The number of alkyl halides is 3. The third-order valence-electron chi connectivity index (χ3n) is 2.30. The van der Waals surface area contributed by atoms with Crippen LogP contribution >= 0.6 is 0 Å². The van der Waals surface area contributed by atoms with Crippen molar-refractivity contribution < 1.29 is 27.5 Å². The van der Waals surface area contributed by atoms with Crippen LogP contribution in [0.5, 0.6) is 0 Å². The molecule has 108 valence electrons. The molecule has 0 bridgehead atoms. The van der Waals surface area contributed by atoms with Crippen LogP contribution in [0.2, 0.25) is 0 Å². The minimum atomic E-state index is -4.44. The second-order valence-corrected chi connectivity index (χ2v) is 4.28. The molecule has 0 spiro atoms. The van der Waals surface area contributed by atoms with Crippen LogP contribution in [-0.4, -0.2) is 18.4 Å². The summed E-state index contributed by atoms with van der Waals surface area (Å²) in [7, 11) is 0. The van der Waals surface area contributed by atoms with Crippen molar-refractivity contribution in [1.29, 1.82) is 0 Å². The largest absolute Gasteiger partial charge is 0.460 e. The minimum Gasteiger partial charge on any atom is -0.460 e. The summed E-state index contributed by atoms with van der Waals surface area (Å²) < 4.78 is 42.0. The molecule has 0 unspecified atom stereocenters. The van der Waals surface area contributed by atoms with Crippen molar-refractivity contribution in [1.82, 2.24) is 0 Å². The maximum atomic E-state index is 12.4. The lowest BCUT2D eigenvalue weighted by atomic mass is 10.0. The topological polar surface area (TPSA) is 43.4 Å². The van der Waals surface area contributed by atoms with E-state index in [4.69, 9.17) is 4.74 Å². The Morgan fingerprint density at radius 2 is 1.75 bits per heavy atom. The van der Waals surface area contributed by atoms with E-state index in [1.165, 1.54) is 0 Å². The predicted octanol–water partition coefficient (Wildman–Crippen LogP) is 3.24. The van der Waals surface area contributed by atoms with E-state index in [0.29, 0.717) is 6.29 Å². The van der Waals surface area contributed by atoms with Gasteiger partial charge in [0.25, 0.3) is 0 Å². The van der Waals surface area contributed by atoms with Crippen LogP contribution in [-0.2, 0) is 20.5 Å². The molecule has 0 fully saturated rings. The molecule has 0 N–H and O–H groups in total.